The predicted octanol–water partition coefficient (Wildman–Crippen LogP) is 7.41. The second-order valence-electron chi connectivity index (χ2n) is 9.82. The Bertz CT molecular complexity index is 487. The maximum atomic E-state index is 11.4. The standard InChI is InChI=1S/C28H52O5/c1-3-5-7-9-10-11-12-13-15-19-25(33-28-20-16-17-21-32-28)23-26(29)24(22-27(30)31)18-14-8-6-4-2/h12-13,24-26,28-29H,3-11,14-23H2,1-2H3,(H,30,31)/b13-12-/t24?,25?,26?,28-/m1/s1. The molecule has 5 heteroatoms. The molecule has 1 saturated heterocycles. The van der Waals surface area contributed by atoms with Gasteiger partial charge in [-0.25, -0.2) is 0 Å². The number of unbranched alkanes of at least 4 members (excludes halogenated alkanes) is 8. The lowest BCUT2D eigenvalue weighted by Crippen LogP contribution is -2.33. The molecule has 0 aromatic rings. The van der Waals surface area contributed by atoms with Crippen molar-refractivity contribution in [1.29, 1.82) is 0 Å². The van der Waals surface area contributed by atoms with E-state index in [4.69, 9.17) is 9.47 Å². The fourth-order valence-corrected chi connectivity index (χ4v) is 4.61. The van der Waals surface area contributed by atoms with Crippen LogP contribution in [0.1, 0.15) is 129 Å². The maximum absolute atomic E-state index is 11.4. The molecule has 2 N–H and O–H groups in total. The van der Waals surface area contributed by atoms with Crippen molar-refractivity contribution in [2.75, 3.05) is 6.61 Å². The highest BCUT2D eigenvalue weighted by molar-refractivity contribution is 5.67. The van der Waals surface area contributed by atoms with E-state index in [1.54, 1.807) is 0 Å². The first-order chi connectivity index (χ1) is 16.1. The summed E-state index contributed by atoms with van der Waals surface area (Å²) in [4.78, 5) is 11.4. The van der Waals surface area contributed by atoms with E-state index >= 15 is 0 Å². The quantitative estimate of drug-likeness (QED) is 0.135. The number of carboxylic acids is 1. The largest absolute Gasteiger partial charge is 0.481 e. The first kappa shape index (κ1) is 30.1. The minimum Gasteiger partial charge on any atom is -0.481 e. The Morgan fingerprint density at radius 3 is 2.33 bits per heavy atom. The third-order valence-corrected chi connectivity index (χ3v) is 6.69. The third-order valence-electron chi connectivity index (χ3n) is 6.69. The van der Waals surface area contributed by atoms with Crippen LogP contribution >= 0.6 is 0 Å². The van der Waals surface area contributed by atoms with Crippen LogP contribution in [0.4, 0.5) is 0 Å². The van der Waals surface area contributed by atoms with E-state index in [0.29, 0.717) is 6.42 Å². The molecule has 0 saturated carbocycles. The summed E-state index contributed by atoms with van der Waals surface area (Å²) in [5.74, 6) is -1.04. The van der Waals surface area contributed by atoms with Gasteiger partial charge in [0.15, 0.2) is 6.29 Å². The summed E-state index contributed by atoms with van der Waals surface area (Å²) in [7, 11) is 0. The first-order valence-electron chi connectivity index (χ1n) is 13.9. The Labute approximate surface area is 203 Å². The normalized spacial score (nSPS) is 19.5. The molecule has 1 rings (SSSR count). The van der Waals surface area contributed by atoms with E-state index in [-0.39, 0.29) is 24.7 Å². The number of allylic oxidation sites excluding steroid dienone is 2. The number of aliphatic hydroxyl groups excluding tert-OH is 1. The van der Waals surface area contributed by atoms with Crippen molar-refractivity contribution in [3.63, 3.8) is 0 Å². The van der Waals surface area contributed by atoms with Crippen LogP contribution in [0, 0.1) is 5.92 Å². The highest BCUT2D eigenvalue weighted by Gasteiger charge is 2.27. The van der Waals surface area contributed by atoms with Gasteiger partial charge in [-0.3, -0.25) is 4.79 Å². The SMILES string of the molecule is CCCCCCC/C=C\CCC(CC(O)C(CCCCCC)CC(=O)O)O[C@@H]1CCCCO1. The third kappa shape index (κ3) is 16.4. The molecule has 5 nitrogen and oxygen atoms in total. The molecule has 0 radical (unpaired) electrons. The minimum absolute atomic E-state index is 0.0257. The average Bonchev–Trinajstić information content (AvgIpc) is 2.80. The Balaban J connectivity index is 2.54. The summed E-state index contributed by atoms with van der Waals surface area (Å²) in [5, 5.41) is 20.3. The number of aliphatic hydroxyl groups is 1. The Hall–Kier alpha value is -0.910. The fraction of sp³-hybridized carbons (Fsp3) is 0.893. The molecule has 0 aromatic carbocycles. The molecule has 1 fully saturated rings. The van der Waals surface area contributed by atoms with E-state index in [1.807, 2.05) is 0 Å². The van der Waals surface area contributed by atoms with Crippen LogP contribution in [0.5, 0.6) is 0 Å². The van der Waals surface area contributed by atoms with Crippen molar-refractivity contribution in [2.45, 2.75) is 148 Å². The van der Waals surface area contributed by atoms with Gasteiger partial charge in [-0.05, 0) is 63.7 Å². The van der Waals surface area contributed by atoms with Gasteiger partial charge in [0.25, 0.3) is 0 Å². The molecular formula is C28H52O5. The molecule has 0 amide bonds. The van der Waals surface area contributed by atoms with Crippen LogP contribution in [0.15, 0.2) is 12.2 Å². The Morgan fingerprint density at radius 1 is 0.970 bits per heavy atom. The van der Waals surface area contributed by atoms with Crippen molar-refractivity contribution in [1.82, 2.24) is 0 Å². The number of rotatable bonds is 21. The summed E-state index contributed by atoms with van der Waals surface area (Å²) in [5.41, 5.74) is 0. The van der Waals surface area contributed by atoms with Crippen molar-refractivity contribution in [2.24, 2.45) is 5.92 Å². The molecule has 1 aliphatic heterocycles. The molecule has 1 aliphatic rings. The van der Waals surface area contributed by atoms with Gasteiger partial charge in [0.2, 0.25) is 0 Å². The van der Waals surface area contributed by atoms with Gasteiger partial charge < -0.3 is 19.7 Å². The van der Waals surface area contributed by atoms with Crippen LogP contribution < -0.4 is 0 Å². The summed E-state index contributed by atoms with van der Waals surface area (Å²) in [6, 6.07) is 0. The molecule has 1 heterocycles. The van der Waals surface area contributed by atoms with Crippen molar-refractivity contribution in [3.05, 3.63) is 12.2 Å². The number of aliphatic carboxylic acids is 1. The van der Waals surface area contributed by atoms with Gasteiger partial charge in [-0.15, -0.1) is 0 Å². The molecular weight excluding hydrogens is 416 g/mol. The summed E-state index contributed by atoms with van der Waals surface area (Å²) in [6.45, 7) is 5.14. The number of ether oxygens (including phenoxy) is 2. The van der Waals surface area contributed by atoms with Crippen LogP contribution in [-0.4, -0.2) is 41.3 Å². The first-order valence-corrected chi connectivity index (χ1v) is 13.9. The zero-order valence-electron chi connectivity index (χ0n) is 21.5. The Morgan fingerprint density at radius 2 is 1.67 bits per heavy atom. The van der Waals surface area contributed by atoms with Gasteiger partial charge in [0, 0.05) is 6.61 Å². The molecule has 0 bridgehead atoms. The number of hydrogen-bond donors (Lipinski definition) is 2. The second-order valence-corrected chi connectivity index (χ2v) is 9.82. The zero-order chi connectivity index (χ0) is 24.2. The van der Waals surface area contributed by atoms with Gasteiger partial charge in [-0.2, -0.15) is 0 Å². The predicted molar refractivity (Wildman–Crippen MR) is 135 cm³/mol. The molecule has 3 unspecified atom stereocenters. The monoisotopic (exact) mass is 468 g/mol. The van der Waals surface area contributed by atoms with Crippen molar-refractivity contribution in [3.8, 4) is 0 Å². The molecule has 194 valence electrons. The van der Waals surface area contributed by atoms with Gasteiger partial charge in [0.1, 0.15) is 0 Å². The second kappa shape index (κ2) is 20.5. The summed E-state index contributed by atoms with van der Waals surface area (Å²) < 4.78 is 12.1. The van der Waals surface area contributed by atoms with Gasteiger partial charge in [0.05, 0.1) is 18.6 Å². The Kier molecular flexibility index (Phi) is 18.7. The van der Waals surface area contributed by atoms with E-state index in [0.717, 1.165) is 77.2 Å². The van der Waals surface area contributed by atoms with Crippen molar-refractivity contribution < 1.29 is 24.5 Å². The summed E-state index contributed by atoms with van der Waals surface area (Å²) in [6.07, 6.45) is 21.7. The molecule has 4 atom stereocenters. The smallest absolute Gasteiger partial charge is 0.303 e. The van der Waals surface area contributed by atoms with Crippen LogP contribution in [-0.2, 0) is 14.3 Å². The number of carbonyl (C=O) groups is 1. The van der Waals surface area contributed by atoms with E-state index in [2.05, 4.69) is 26.0 Å². The van der Waals surface area contributed by atoms with E-state index < -0.39 is 12.1 Å². The molecule has 0 aromatic heterocycles. The lowest BCUT2D eigenvalue weighted by atomic mass is 9.88. The highest BCUT2D eigenvalue weighted by Crippen LogP contribution is 2.26. The lowest BCUT2D eigenvalue weighted by Gasteiger charge is -2.30. The molecule has 0 spiro atoms. The van der Waals surface area contributed by atoms with Crippen molar-refractivity contribution >= 4 is 5.97 Å². The highest BCUT2D eigenvalue weighted by atomic mass is 16.7. The average molecular weight is 469 g/mol. The number of hydrogen-bond acceptors (Lipinski definition) is 4. The van der Waals surface area contributed by atoms with Crippen LogP contribution in [0.25, 0.3) is 0 Å². The van der Waals surface area contributed by atoms with Crippen LogP contribution in [0.2, 0.25) is 0 Å². The van der Waals surface area contributed by atoms with E-state index in [9.17, 15) is 15.0 Å². The number of carboxylic acid groups (broad SMARTS) is 1. The fourth-order valence-electron chi connectivity index (χ4n) is 4.61. The van der Waals surface area contributed by atoms with Gasteiger partial charge in [-0.1, -0.05) is 77.4 Å². The zero-order valence-corrected chi connectivity index (χ0v) is 21.5. The summed E-state index contributed by atoms with van der Waals surface area (Å²) >= 11 is 0. The molecule has 0 aliphatic carbocycles. The molecule has 33 heavy (non-hydrogen) atoms. The lowest BCUT2D eigenvalue weighted by molar-refractivity contribution is -0.195. The topological polar surface area (TPSA) is 76.0 Å². The van der Waals surface area contributed by atoms with Crippen LogP contribution in [0.3, 0.4) is 0 Å². The minimum atomic E-state index is -0.829. The maximum Gasteiger partial charge on any atom is 0.303 e. The van der Waals surface area contributed by atoms with Gasteiger partial charge >= 0.3 is 5.97 Å². The van der Waals surface area contributed by atoms with E-state index in [1.165, 1.54) is 32.1 Å².